The minimum atomic E-state index is -0.0139. The fourth-order valence-corrected chi connectivity index (χ4v) is 2.82. The van der Waals surface area contributed by atoms with Gasteiger partial charge in [0.25, 0.3) is 5.91 Å². The van der Waals surface area contributed by atoms with Crippen molar-refractivity contribution in [1.29, 1.82) is 0 Å². The molecule has 0 bridgehead atoms. The summed E-state index contributed by atoms with van der Waals surface area (Å²) in [6.07, 6.45) is 5.10. The summed E-state index contributed by atoms with van der Waals surface area (Å²) in [4.78, 5) is 12.0. The first-order chi connectivity index (χ1) is 8.10. The number of nitrogens with zero attached hydrogens (tertiary/aromatic N) is 1. The van der Waals surface area contributed by atoms with Gasteiger partial charge in [0.1, 0.15) is 5.69 Å². The van der Waals surface area contributed by atoms with Crippen molar-refractivity contribution >= 4 is 21.8 Å². The maximum atomic E-state index is 12.0. The van der Waals surface area contributed by atoms with Crippen molar-refractivity contribution < 1.29 is 9.53 Å². The van der Waals surface area contributed by atoms with Crippen LogP contribution in [0.4, 0.5) is 0 Å². The van der Waals surface area contributed by atoms with Gasteiger partial charge in [-0.15, -0.1) is 0 Å². The van der Waals surface area contributed by atoms with Crippen LogP contribution >= 0.6 is 15.9 Å². The summed E-state index contributed by atoms with van der Waals surface area (Å²) in [7, 11) is 3.59. The Morgan fingerprint density at radius 3 is 2.88 bits per heavy atom. The Kier molecular flexibility index (Phi) is 3.89. The van der Waals surface area contributed by atoms with Gasteiger partial charge in [-0.05, 0) is 41.3 Å². The van der Waals surface area contributed by atoms with Crippen molar-refractivity contribution in [3.8, 4) is 0 Å². The summed E-state index contributed by atoms with van der Waals surface area (Å²) in [5.41, 5.74) is 0.678. The molecule has 0 aromatic carbocycles. The number of carbonyl (C=O) groups excluding carboxylic acids is 1. The lowest BCUT2D eigenvalue weighted by Crippen LogP contribution is -2.34. The lowest BCUT2D eigenvalue weighted by Gasteiger charge is -2.13. The number of carbonyl (C=O) groups is 1. The van der Waals surface area contributed by atoms with E-state index in [-0.39, 0.29) is 11.9 Å². The molecule has 5 heteroatoms. The first-order valence-electron chi connectivity index (χ1n) is 5.75. The molecule has 1 aliphatic rings. The number of aromatic nitrogens is 1. The maximum absolute atomic E-state index is 12.0. The van der Waals surface area contributed by atoms with E-state index in [1.807, 2.05) is 23.9 Å². The minimum Gasteiger partial charge on any atom is -0.381 e. The Hall–Kier alpha value is -0.810. The number of methoxy groups -OCH3 is 1. The van der Waals surface area contributed by atoms with Crippen LogP contribution in [-0.2, 0) is 11.8 Å². The van der Waals surface area contributed by atoms with E-state index < -0.39 is 0 Å². The standard InChI is InChI=1S/C12H17BrN2O2/c1-15-7-8(13)5-11(15)12(16)14-9-3-4-10(6-9)17-2/h5,7,9-10H,3-4,6H2,1-2H3,(H,14,16). The third-order valence-electron chi connectivity index (χ3n) is 3.26. The van der Waals surface area contributed by atoms with Gasteiger partial charge in [0.05, 0.1) is 6.10 Å². The van der Waals surface area contributed by atoms with Crippen molar-refractivity contribution in [2.24, 2.45) is 7.05 Å². The molecular weight excluding hydrogens is 284 g/mol. The van der Waals surface area contributed by atoms with Gasteiger partial charge in [0.2, 0.25) is 0 Å². The van der Waals surface area contributed by atoms with Crippen molar-refractivity contribution in [2.75, 3.05) is 7.11 Å². The van der Waals surface area contributed by atoms with Gasteiger partial charge in [-0.3, -0.25) is 4.79 Å². The lowest BCUT2D eigenvalue weighted by molar-refractivity contribution is 0.0907. The van der Waals surface area contributed by atoms with Gasteiger partial charge in [-0.2, -0.15) is 0 Å². The van der Waals surface area contributed by atoms with Crippen LogP contribution in [0, 0.1) is 0 Å². The molecule has 2 rings (SSSR count). The third-order valence-corrected chi connectivity index (χ3v) is 3.69. The van der Waals surface area contributed by atoms with Crippen LogP contribution in [0.2, 0.25) is 0 Å². The van der Waals surface area contributed by atoms with Gasteiger partial charge >= 0.3 is 0 Å². The molecule has 1 fully saturated rings. The van der Waals surface area contributed by atoms with Crippen LogP contribution in [0.25, 0.3) is 0 Å². The molecule has 4 nitrogen and oxygen atoms in total. The highest BCUT2D eigenvalue weighted by molar-refractivity contribution is 9.10. The molecule has 0 radical (unpaired) electrons. The molecule has 0 spiro atoms. The van der Waals surface area contributed by atoms with Crippen LogP contribution in [0.3, 0.4) is 0 Å². The highest BCUT2D eigenvalue weighted by Gasteiger charge is 2.26. The number of aryl methyl sites for hydroxylation is 1. The number of amides is 1. The van der Waals surface area contributed by atoms with Crippen molar-refractivity contribution in [2.45, 2.75) is 31.4 Å². The fourth-order valence-electron chi connectivity index (χ4n) is 2.29. The second kappa shape index (κ2) is 5.23. The van der Waals surface area contributed by atoms with E-state index in [4.69, 9.17) is 4.74 Å². The Labute approximate surface area is 109 Å². The topological polar surface area (TPSA) is 43.3 Å². The first-order valence-corrected chi connectivity index (χ1v) is 6.55. The second-order valence-electron chi connectivity index (χ2n) is 4.50. The number of ether oxygens (including phenoxy) is 1. The normalized spacial score (nSPS) is 23.9. The Morgan fingerprint density at radius 1 is 1.59 bits per heavy atom. The third kappa shape index (κ3) is 2.90. The molecule has 1 saturated carbocycles. The molecule has 1 heterocycles. The van der Waals surface area contributed by atoms with Crippen LogP contribution in [0.1, 0.15) is 29.8 Å². The highest BCUT2D eigenvalue weighted by Crippen LogP contribution is 2.22. The van der Waals surface area contributed by atoms with E-state index in [1.54, 1.807) is 7.11 Å². The summed E-state index contributed by atoms with van der Waals surface area (Å²) in [5, 5.41) is 3.05. The molecule has 17 heavy (non-hydrogen) atoms. The monoisotopic (exact) mass is 300 g/mol. The molecule has 1 aliphatic carbocycles. The number of hydrogen-bond donors (Lipinski definition) is 1. The van der Waals surface area contributed by atoms with E-state index >= 15 is 0 Å². The Balaban J connectivity index is 1.96. The molecule has 2 unspecified atom stereocenters. The van der Waals surface area contributed by atoms with Crippen LogP contribution in [-0.4, -0.2) is 29.7 Å². The summed E-state index contributed by atoms with van der Waals surface area (Å²) >= 11 is 3.36. The van der Waals surface area contributed by atoms with Gasteiger partial charge in [0, 0.05) is 30.9 Å². The zero-order valence-electron chi connectivity index (χ0n) is 10.1. The van der Waals surface area contributed by atoms with E-state index in [0.29, 0.717) is 11.8 Å². The van der Waals surface area contributed by atoms with Gasteiger partial charge in [-0.25, -0.2) is 0 Å². The minimum absolute atomic E-state index is 0.0139. The number of nitrogens with one attached hydrogen (secondary N) is 1. The highest BCUT2D eigenvalue weighted by atomic mass is 79.9. The smallest absolute Gasteiger partial charge is 0.268 e. The zero-order chi connectivity index (χ0) is 12.4. The molecule has 0 saturated heterocycles. The molecule has 1 N–H and O–H groups in total. The van der Waals surface area contributed by atoms with E-state index in [9.17, 15) is 4.79 Å². The van der Waals surface area contributed by atoms with E-state index in [0.717, 1.165) is 23.7 Å². The predicted octanol–water partition coefficient (Wildman–Crippen LogP) is 2.08. The Bertz CT molecular complexity index is 417. The largest absolute Gasteiger partial charge is 0.381 e. The summed E-state index contributed by atoms with van der Waals surface area (Å²) in [6.45, 7) is 0. The van der Waals surface area contributed by atoms with E-state index in [1.165, 1.54) is 0 Å². The SMILES string of the molecule is COC1CCC(NC(=O)c2cc(Br)cn2C)C1. The molecule has 1 aromatic rings. The number of hydrogen-bond acceptors (Lipinski definition) is 2. The van der Waals surface area contributed by atoms with Crippen molar-refractivity contribution in [3.63, 3.8) is 0 Å². The van der Waals surface area contributed by atoms with Crippen LogP contribution in [0.15, 0.2) is 16.7 Å². The molecule has 2 atom stereocenters. The van der Waals surface area contributed by atoms with Crippen LogP contribution in [0.5, 0.6) is 0 Å². The molecule has 1 amide bonds. The van der Waals surface area contributed by atoms with Gasteiger partial charge < -0.3 is 14.6 Å². The molecule has 1 aromatic heterocycles. The maximum Gasteiger partial charge on any atom is 0.268 e. The zero-order valence-corrected chi connectivity index (χ0v) is 11.7. The molecular formula is C12H17BrN2O2. The average Bonchev–Trinajstić information content (AvgIpc) is 2.85. The Morgan fingerprint density at radius 2 is 2.35 bits per heavy atom. The number of halogens is 1. The second-order valence-corrected chi connectivity index (χ2v) is 5.41. The van der Waals surface area contributed by atoms with E-state index in [2.05, 4.69) is 21.2 Å². The summed E-state index contributed by atoms with van der Waals surface area (Å²) in [5.74, 6) is -0.0139. The first kappa shape index (κ1) is 12.6. The molecule has 94 valence electrons. The predicted molar refractivity (Wildman–Crippen MR) is 69.0 cm³/mol. The van der Waals surface area contributed by atoms with Crippen LogP contribution < -0.4 is 5.32 Å². The summed E-state index contributed by atoms with van der Waals surface area (Å²) < 4.78 is 8.04. The van der Waals surface area contributed by atoms with Crippen molar-refractivity contribution in [3.05, 3.63) is 22.4 Å². The number of rotatable bonds is 3. The molecule has 0 aliphatic heterocycles. The quantitative estimate of drug-likeness (QED) is 0.929. The van der Waals surface area contributed by atoms with Crippen molar-refractivity contribution in [1.82, 2.24) is 9.88 Å². The van der Waals surface area contributed by atoms with Gasteiger partial charge in [-0.1, -0.05) is 0 Å². The summed E-state index contributed by atoms with van der Waals surface area (Å²) in [6, 6.07) is 2.07. The van der Waals surface area contributed by atoms with Gasteiger partial charge in [0.15, 0.2) is 0 Å². The fraction of sp³-hybridized carbons (Fsp3) is 0.583. The average molecular weight is 301 g/mol. The lowest BCUT2D eigenvalue weighted by atomic mass is 10.2.